The minimum atomic E-state index is -0.167. The van der Waals surface area contributed by atoms with E-state index in [1.165, 1.54) is 0 Å². The van der Waals surface area contributed by atoms with Gasteiger partial charge in [-0.1, -0.05) is 47.7 Å². The number of hydrogen-bond acceptors (Lipinski definition) is 4. The Morgan fingerprint density at radius 1 is 1.05 bits per heavy atom. The fourth-order valence-electron chi connectivity index (χ4n) is 2.28. The molecule has 5 heteroatoms. The first-order chi connectivity index (χ1) is 10.3. The number of aromatic nitrogens is 3. The van der Waals surface area contributed by atoms with E-state index < -0.39 is 0 Å². The Kier molecular flexibility index (Phi) is 3.66. The van der Waals surface area contributed by atoms with Gasteiger partial charge in [0.2, 0.25) is 0 Å². The number of methoxy groups -OCH3 is 1. The summed E-state index contributed by atoms with van der Waals surface area (Å²) >= 11 is 0. The number of benzene rings is 2. The van der Waals surface area contributed by atoms with E-state index in [4.69, 9.17) is 4.74 Å². The number of aliphatic hydroxyl groups is 1. The summed E-state index contributed by atoms with van der Waals surface area (Å²) in [6, 6.07) is 17.3. The summed E-state index contributed by atoms with van der Waals surface area (Å²) in [7, 11) is 1.62. The smallest absolute Gasteiger partial charge is 0.144 e. The highest BCUT2D eigenvalue weighted by atomic mass is 16.5. The standard InChI is InChI=1S/C16H15N3O2/c1-21-15-10-6-5-9-14(15)19-16(13(11-20)17-18-19)12-7-3-2-4-8-12/h2-10,20H,11H2,1H3. The number of aliphatic hydroxyl groups excluding tert-OH is 1. The monoisotopic (exact) mass is 281 g/mol. The lowest BCUT2D eigenvalue weighted by molar-refractivity contribution is 0.277. The van der Waals surface area contributed by atoms with Crippen LogP contribution in [-0.4, -0.2) is 27.2 Å². The lowest BCUT2D eigenvalue weighted by atomic mass is 10.1. The molecular formula is C16H15N3O2. The van der Waals surface area contributed by atoms with Crippen molar-refractivity contribution >= 4 is 0 Å². The van der Waals surface area contributed by atoms with Gasteiger partial charge in [0.1, 0.15) is 22.8 Å². The molecule has 0 aliphatic rings. The van der Waals surface area contributed by atoms with Crippen LogP contribution in [-0.2, 0) is 6.61 Å². The average molecular weight is 281 g/mol. The van der Waals surface area contributed by atoms with Crippen molar-refractivity contribution in [1.82, 2.24) is 15.0 Å². The summed E-state index contributed by atoms with van der Waals surface area (Å²) in [5.74, 6) is 0.698. The lowest BCUT2D eigenvalue weighted by Gasteiger charge is -2.11. The van der Waals surface area contributed by atoms with Crippen LogP contribution >= 0.6 is 0 Å². The SMILES string of the molecule is COc1ccccc1-n1nnc(CO)c1-c1ccccc1. The minimum absolute atomic E-state index is 0.167. The Labute approximate surface area is 122 Å². The third-order valence-electron chi connectivity index (χ3n) is 3.25. The maximum absolute atomic E-state index is 9.52. The zero-order valence-corrected chi connectivity index (χ0v) is 11.6. The molecule has 1 aromatic heterocycles. The van der Waals surface area contributed by atoms with Crippen LogP contribution in [0.3, 0.4) is 0 Å². The van der Waals surface area contributed by atoms with E-state index in [9.17, 15) is 5.11 Å². The van der Waals surface area contributed by atoms with Crippen LogP contribution < -0.4 is 4.74 Å². The van der Waals surface area contributed by atoms with Crippen molar-refractivity contribution in [3.05, 3.63) is 60.3 Å². The van der Waals surface area contributed by atoms with Crippen molar-refractivity contribution in [2.75, 3.05) is 7.11 Å². The van der Waals surface area contributed by atoms with E-state index in [0.717, 1.165) is 16.9 Å². The van der Waals surface area contributed by atoms with Crippen LogP contribution in [0.4, 0.5) is 0 Å². The molecule has 0 bridgehead atoms. The maximum atomic E-state index is 9.52. The van der Waals surface area contributed by atoms with Crippen LogP contribution in [0.2, 0.25) is 0 Å². The Morgan fingerprint density at radius 2 is 1.76 bits per heavy atom. The molecule has 0 aliphatic carbocycles. The minimum Gasteiger partial charge on any atom is -0.494 e. The second-order valence-corrected chi connectivity index (χ2v) is 4.49. The number of nitrogens with zero attached hydrogens (tertiary/aromatic N) is 3. The number of ether oxygens (including phenoxy) is 1. The highest BCUT2D eigenvalue weighted by Gasteiger charge is 2.17. The van der Waals surface area contributed by atoms with E-state index in [-0.39, 0.29) is 6.61 Å². The van der Waals surface area contributed by atoms with Crippen molar-refractivity contribution in [1.29, 1.82) is 0 Å². The van der Waals surface area contributed by atoms with Crippen LogP contribution in [0.15, 0.2) is 54.6 Å². The van der Waals surface area contributed by atoms with E-state index in [0.29, 0.717) is 11.4 Å². The van der Waals surface area contributed by atoms with Crippen LogP contribution in [0.5, 0.6) is 5.75 Å². The highest BCUT2D eigenvalue weighted by molar-refractivity contribution is 5.65. The molecule has 0 unspecified atom stereocenters. The van der Waals surface area contributed by atoms with Gasteiger partial charge in [-0.05, 0) is 12.1 Å². The molecule has 0 fully saturated rings. The van der Waals surface area contributed by atoms with Gasteiger partial charge in [-0.25, -0.2) is 4.68 Å². The van der Waals surface area contributed by atoms with Gasteiger partial charge >= 0.3 is 0 Å². The molecule has 1 N–H and O–H groups in total. The normalized spacial score (nSPS) is 10.6. The molecule has 3 rings (SSSR count). The molecule has 0 atom stereocenters. The molecule has 0 saturated heterocycles. The quantitative estimate of drug-likeness (QED) is 0.798. The van der Waals surface area contributed by atoms with Crippen molar-refractivity contribution in [2.24, 2.45) is 0 Å². The van der Waals surface area contributed by atoms with Gasteiger partial charge in [-0.15, -0.1) is 5.10 Å². The summed E-state index contributed by atoms with van der Waals surface area (Å²) in [5, 5.41) is 17.8. The summed E-state index contributed by atoms with van der Waals surface area (Å²) < 4.78 is 7.08. The molecule has 5 nitrogen and oxygen atoms in total. The molecule has 3 aromatic rings. The van der Waals surface area contributed by atoms with Crippen LogP contribution in [0.25, 0.3) is 16.9 Å². The van der Waals surface area contributed by atoms with Gasteiger partial charge in [0.25, 0.3) is 0 Å². The Balaban J connectivity index is 2.23. The van der Waals surface area contributed by atoms with Gasteiger partial charge in [-0.2, -0.15) is 0 Å². The zero-order chi connectivity index (χ0) is 14.7. The molecule has 0 radical (unpaired) electrons. The first kappa shape index (κ1) is 13.3. The lowest BCUT2D eigenvalue weighted by Crippen LogP contribution is -2.02. The molecule has 0 saturated carbocycles. The Bertz CT molecular complexity index is 738. The second kappa shape index (κ2) is 5.76. The van der Waals surface area contributed by atoms with E-state index in [1.54, 1.807) is 11.8 Å². The summed E-state index contributed by atoms with van der Waals surface area (Å²) in [6.07, 6.45) is 0. The number of rotatable bonds is 4. The van der Waals surface area contributed by atoms with Crippen LogP contribution in [0.1, 0.15) is 5.69 Å². The summed E-state index contributed by atoms with van der Waals surface area (Å²) in [5.41, 5.74) is 3.03. The molecule has 21 heavy (non-hydrogen) atoms. The van der Waals surface area contributed by atoms with Crippen molar-refractivity contribution in [3.8, 4) is 22.7 Å². The van der Waals surface area contributed by atoms with Gasteiger partial charge in [-0.3, -0.25) is 0 Å². The molecule has 0 aliphatic heterocycles. The highest BCUT2D eigenvalue weighted by Crippen LogP contribution is 2.29. The van der Waals surface area contributed by atoms with E-state index >= 15 is 0 Å². The fourth-order valence-corrected chi connectivity index (χ4v) is 2.28. The number of hydrogen-bond donors (Lipinski definition) is 1. The van der Waals surface area contributed by atoms with Crippen molar-refractivity contribution in [2.45, 2.75) is 6.61 Å². The van der Waals surface area contributed by atoms with Gasteiger partial charge in [0, 0.05) is 5.56 Å². The molecule has 1 heterocycles. The molecule has 2 aromatic carbocycles. The zero-order valence-electron chi connectivity index (χ0n) is 11.6. The van der Waals surface area contributed by atoms with Crippen molar-refractivity contribution < 1.29 is 9.84 Å². The van der Waals surface area contributed by atoms with Gasteiger partial charge in [0.05, 0.1) is 13.7 Å². The first-order valence-electron chi connectivity index (χ1n) is 6.59. The largest absolute Gasteiger partial charge is 0.494 e. The predicted octanol–water partition coefficient (Wildman–Crippen LogP) is 2.44. The Hall–Kier alpha value is -2.66. The van der Waals surface area contributed by atoms with Gasteiger partial charge < -0.3 is 9.84 Å². The topological polar surface area (TPSA) is 60.2 Å². The summed E-state index contributed by atoms with van der Waals surface area (Å²) in [4.78, 5) is 0. The van der Waals surface area contributed by atoms with Crippen LogP contribution in [0, 0.1) is 0 Å². The van der Waals surface area contributed by atoms with Crippen molar-refractivity contribution in [3.63, 3.8) is 0 Å². The molecular weight excluding hydrogens is 266 g/mol. The third-order valence-corrected chi connectivity index (χ3v) is 3.25. The van der Waals surface area contributed by atoms with E-state index in [2.05, 4.69) is 10.3 Å². The maximum Gasteiger partial charge on any atom is 0.144 e. The number of para-hydroxylation sites is 2. The predicted molar refractivity (Wildman–Crippen MR) is 79.3 cm³/mol. The second-order valence-electron chi connectivity index (χ2n) is 4.49. The third kappa shape index (κ3) is 2.39. The van der Waals surface area contributed by atoms with Gasteiger partial charge in [0.15, 0.2) is 0 Å². The summed E-state index contributed by atoms with van der Waals surface area (Å²) in [6.45, 7) is -0.167. The molecule has 0 amide bonds. The fraction of sp³-hybridized carbons (Fsp3) is 0.125. The first-order valence-corrected chi connectivity index (χ1v) is 6.59. The molecule has 106 valence electrons. The van der Waals surface area contributed by atoms with E-state index in [1.807, 2.05) is 54.6 Å². The molecule has 0 spiro atoms. The average Bonchev–Trinajstić information content (AvgIpc) is 2.99. The Morgan fingerprint density at radius 3 is 2.48 bits per heavy atom.